The second-order valence-corrected chi connectivity index (χ2v) is 6.85. The van der Waals surface area contributed by atoms with Gasteiger partial charge in [-0.15, -0.1) is 0 Å². The van der Waals surface area contributed by atoms with Crippen LogP contribution in [-0.4, -0.2) is 19.3 Å². The highest BCUT2D eigenvalue weighted by Gasteiger charge is 2.36. The lowest BCUT2D eigenvalue weighted by Crippen LogP contribution is -2.45. The van der Waals surface area contributed by atoms with E-state index in [-0.39, 0.29) is 11.4 Å². The average Bonchev–Trinajstić information content (AvgIpc) is 3.12. The van der Waals surface area contributed by atoms with E-state index in [1.165, 1.54) is 12.1 Å². The molecule has 0 amide bonds. The van der Waals surface area contributed by atoms with Gasteiger partial charge in [0.05, 0.1) is 19.8 Å². The number of thiocarbonyl (C=S) groups is 1. The lowest BCUT2D eigenvalue weighted by molar-refractivity contribution is 0.350. The zero-order valence-electron chi connectivity index (χ0n) is 15.0. The minimum absolute atomic E-state index is 0.246. The number of benzene rings is 2. The van der Waals surface area contributed by atoms with Crippen molar-refractivity contribution in [3.63, 3.8) is 0 Å². The molecule has 0 radical (unpaired) electrons. The van der Waals surface area contributed by atoms with E-state index in [4.69, 9.17) is 21.7 Å². The monoisotopic (exact) mass is 374 g/mol. The van der Waals surface area contributed by atoms with Crippen molar-refractivity contribution in [3.05, 3.63) is 53.8 Å². The molecule has 2 aromatic carbocycles. The van der Waals surface area contributed by atoms with Gasteiger partial charge in [-0.05, 0) is 67.0 Å². The number of methoxy groups -OCH3 is 2. The van der Waals surface area contributed by atoms with E-state index in [1.54, 1.807) is 26.4 Å². The van der Waals surface area contributed by atoms with Gasteiger partial charge in [0.15, 0.2) is 16.6 Å². The number of hydrogen-bond acceptors (Lipinski definition) is 3. The Morgan fingerprint density at radius 1 is 1.00 bits per heavy atom. The highest BCUT2D eigenvalue weighted by molar-refractivity contribution is 7.80. The molecule has 138 valence electrons. The summed E-state index contributed by atoms with van der Waals surface area (Å²) in [5.74, 6) is 1.14. The highest BCUT2D eigenvalue weighted by atomic mass is 32.1. The van der Waals surface area contributed by atoms with Crippen molar-refractivity contribution in [2.24, 2.45) is 0 Å². The van der Waals surface area contributed by atoms with E-state index in [0.29, 0.717) is 16.6 Å². The lowest BCUT2D eigenvalue weighted by Gasteiger charge is -2.33. The maximum atomic E-state index is 13.1. The first kappa shape index (κ1) is 18.5. The van der Waals surface area contributed by atoms with Crippen molar-refractivity contribution in [2.75, 3.05) is 19.5 Å². The normalized spacial score (nSPS) is 15.3. The zero-order chi connectivity index (χ0) is 18.6. The minimum Gasteiger partial charge on any atom is -0.493 e. The summed E-state index contributed by atoms with van der Waals surface area (Å²) in [5, 5.41) is 7.15. The molecule has 2 N–H and O–H groups in total. The standard InChI is InChI=1S/C20H23FN2O2S/c1-24-17-10-5-14(13-18(17)25-2)20(11-3-4-12-20)23-19(26)22-16-8-6-15(21)7-9-16/h5-10,13H,3-4,11-12H2,1-2H3,(H2,22,23,26). The van der Waals surface area contributed by atoms with E-state index in [9.17, 15) is 4.39 Å². The Hall–Kier alpha value is -2.34. The summed E-state index contributed by atoms with van der Waals surface area (Å²) in [6.45, 7) is 0. The van der Waals surface area contributed by atoms with Crippen LogP contribution >= 0.6 is 12.2 Å². The molecule has 6 heteroatoms. The fourth-order valence-electron chi connectivity index (χ4n) is 3.51. The van der Waals surface area contributed by atoms with Crippen LogP contribution in [0.5, 0.6) is 11.5 Å². The SMILES string of the molecule is COc1ccc(C2(NC(=S)Nc3ccc(F)cc3)CCCC2)cc1OC. The van der Waals surface area contributed by atoms with Gasteiger partial charge in [0.25, 0.3) is 0 Å². The van der Waals surface area contributed by atoms with Gasteiger partial charge in [-0.25, -0.2) is 4.39 Å². The van der Waals surface area contributed by atoms with Crippen LogP contribution < -0.4 is 20.1 Å². The Morgan fingerprint density at radius 2 is 1.65 bits per heavy atom. The smallest absolute Gasteiger partial charge is 0.171 e. The molecule has 0 saturated heterocycles. The Kier molecular flexibility index (Phi) is 5.61. The number of nitrogens with one attached hydrogen (secondary N) is 2. The first-order chi connectivity index (χ1) is 12.6. The van der Waals surface area contributed by atoms with Gasteiger partial charge < -0.3 is 20.1 Å². The first-order valence-corrected chi connectivity index (χ1v) is 9.04. The Bertz CT molecular complexity index is 774. The molecule has 4 nitrogen and oxygen atoms in total. The van der Waals surface area contributed by atoms with Gasteiger partial charge in [-0.1, -0.05) is 18.9 Å². The summed E-state index contributed by atoms with van der Waals surface area (Å²) in [7, 11) is 3.26. The van der Waals surface area contributed by atoms with Crippen LogP contribution in [0.1, 0.15) is 31.2 Å². The summed E-state index contributed by atoms with van der Waals surface area (Å²) in [4.78, 5) is 0. The van der Waals surface area contributed by atoms with Crippen molar-refractivity contribution in [1.82, 2.24) is 5.32 Å². The van der Waals surface area contributed by atoms with Crippen LogP contribution in [0.4, 0.5) is 10.1 Å². The van der Waals surface area contributed by atoms with Crippen LogP contribution in [0.25, 0.3) is 0 Å². The van der Waals surface area contributed by atoms with Gasteiger partial charge in [-0.2, -0.15) is 0 Å². The maximum Gasteiger partial charge on any atom is 0.171 e. The molecule has 0 atom stereocenters. The summed E-state index contributed by atoms with van der Waals surface area (Å²) in [6, 6.07) is 12.1. The Morgan fingerprint density at radius 3 is 2.27 bits per heavy atom. The van der Waals surface area contributed by atoms with Crippen LogP contribution in [0.3, 0.4) is 0 Å². The van der Waals surface area contributed by atoms with Crippen molar-refractivity contribution < 1.29 is 13.9 Å². The van der Waals surface area contributed by atoms with Crippen LogP contribution in [0.15, 0.2) is 42.5 Å². The molecule has 1 aliphatic carbocycles. The van der Waals surface area contributed by atoms with E-state index in [2.05, 4.69) is 16.7 Å². The fraction of sp³-hybridized carbons (Fsp3) is 0.350. The largest absolute Gasteiger partial charge is 0.493 e. The van der Waals surface area contributed by atoms with Gasteiger partial charge in [0.1, 0.15) is 5.82 Å². The Labute approximate surface area is 158 Å². The molecule has 0 heterocycles. The molecule has 1 fully saturated rings. The number of anilines is 1. The summed E-state index contributed by atoms with van der Waals surface area (Å²) < 4.78 is 23.9. The second-order valence-electron chi connectivity index (χ2n) is 6.44. The average molecular weight is 374 g/mol. The van der Waals surface area contributed by atoms with Crippen LogP contribution in [0, 0.1) is 5.82 Å². The minimum atomic E-state index is -0.271. The molecular weight excluding hydrogens is 351 g/mol. The predicted molar refractivity (Wildman–Crippen MR) is 105 cm³/mol. The van der Waals surface area contributed by atoms with Crippen molar-refractivity contribution in [3.8, 4) is 11.5 Å². The fourth-order valence-corrected chi connectivity index (χ4v) is 3.82. The number of hydrogen-bond donors (Lipinski definition) is 2. The molecule has 1 saturated carbocycles. The molecule has 1 aliphatic rings. The van der Waals surface area contributed by atoms with E-state index in [0.717, 1.165) is 36.9 Å². The molecule has 26 heavy (non-hydrogen) atoms. The first-order valence-electron chi connectivity index (χ1n) is 8.63. The van der Waals surface area contributed by atoms with Gasteiger partial charge in [0.2, 0.25) is 0 Å². The molecule has 2 aromatic rings. The number of halogens is 1. The summed E-state index contributed by atoms with van der Waals surface area (Å²) in [6.07, 6.45) is 4.21. The van der Waals surface area contributed by atoms with E-state index >= 15 is 0 Å². The molecule has 0 unspecified atom stereocenters. The van der Waals surface area contributed by atoms with Crippen molar-refractivity contribution >= 4 is 23.0 Å². The third kappa shape index (κ3) is 3.90. The number of ether oxygens (including phenoxy) is 2. The third-order valence-corrected chi connectivity index (χ3v) is 5.05. The molecule has 3 rings (SSSR count). The van der Waals surface area contributed by atoms with Crippen molar-refractivity contribution in [2.45, 2.75) is 31.2 Å². The molecular formula is C20H23FN2O2S. The second kappa shape index (κ2) is 7.91. The molecule has 0 aromatic heterocycles. The third-order valence-electron chi connectivity index (χ3n) is 4.85. The van der Waals surface area contributed by atoms with Gasteiger partial charge in [-0.3, -0.25) is 0 Å². The molecule has 0 spiro atoms. The van der Waals surface area contributed by atoms with E-state index in [1.807, 2.05) is 12.1 Å². The highest BCUT2D eigenvalue weighted by Crippen LogP contribution is 2.41. The predicted octanol–water partition coefficient (Wildman–Crippen LogP) is 4.60. The summed E-state index contributed by atoms with van der Waals surface area (Å²) in [5.41, 5.74) is 1.63. The van der Waals surface area contributed by atoms with E-state index < -0.39 is 0 Å². The summed E-state index contributed by atoms with van der Waals surface area (Å²) >= 11 is 5.52. The number of rotatable bonds is 5. The quantitative estimate of drug-likeness (QED) is 0.749. The Balaban J connectivity index is 1.81. The van der Waals surface area contributed by atoms with Crippen molar-refractivity contribution in [1.29, 1.82) is 0 Å². The molecule has 0 aliphatic heterocycles. The van der Waals surface area contributed by atoms with Crippen LogP contribution in [0.2, 0.25) is 0 Å². The topological polar surface area (TPSA) is 42.5 Å². The zero-order valence-corrected chi connectivity index (χ0v) is 15.8. The van der Waals surface area contributed by atoms with Gasteiger partial charge >= 0.3 is 0 Å². The van der Waals surface area contributed by atoms with Gasteiger partial charge in [0, 0.05) is 5.69 Å². The molecule has 0 bridgehead atoms. The maximum absolute atomic E-state index is 13.1. The van der Waals surface area contributed by atoms with Crippen LogP contribution in [-0.2, 0) is 5.54 Å². The lowest BCUT2D eigenvalue weighted by atomic mass is 9.88.